The summed E-state index contributed by atoms with van der Waals surface area (Å²) in [7, 11) is 0. The summed E-state index contributed by atoms with van der Waals surface area (Å²) in [5.74, 6) is 1.29. The largest absolute Gasteiger partial charge is 0.444 e. The number of aryl methyl sites for hydroxylation is 4. The van der Waals surface area contributed by atoms with E-state index < -0.39 is 5.60 Å². The summed E-state index contributed by atoms with van der Waals surface area (Å²) in [5.41, 5.74) is 12.9. The SMILES string of the molecule is C.C.CC(C)(C)CC(=O)Cl.CC(C)(C)CC(=O)N1C[C@@H](c2c[nH]c3ccccc23)[C@H](c2cn3c4c(cccc24)CCC3)C1.CC(C)(C)OC(=O)N1C[C@@H](c2c[nH]c3ccccc23)[C@H](c2cn3c4c(cccc24)CCC3)C1. The minimum Gasteiger partial charge on any atom is -0.444 e. The Morgan fingerprint density at radius 2 is 0.947 bits per heavy atom. The molecule has 4 aliphatic rings. The molecule has 2 fully saturated rings. The topological polar surface area (TPSA) is 108 Å². The van der Waals surface area contributed by atoms with E-state index in [9.17, 15) is 14.4 Å². The Labute approximate surface area is 456 Å². The van der Waals surface area contributed by atoms with Crippen molar-refractivity contribution in [2.45, 2.75) is 158 Å². The maximum Gasteiger partial charge on any atom is 0.410 e. The lowest BCUT2D eigenvalue weighted by Crippen LogP contribution is -2.35. The molecule has 11 heteroatoms. The minimum atomic E-state index is -0.505. The predicted molar refractivity (Wildman–Crippen MR) is 315 cm³/mol. The zero-order valence-corrected chi connectivity index (χ0v) is 45.7. The van der Waals surface area contributed by atoms with E-state index in [4.69, 9.17) is 16.3 Å². The van der Waals surface area contributed by atoms with Crippen LogP contribution < -0.4 is 0 Å². The fraction of sp³-hybridized carbons (Fsp3) is 0.462. The van der Waals surface area contributed by atoms with Crippen LogP contribution >= 0.6 is 11.6 Å². The van der Waals surface area contributed by atoms with Crippen molar-refractivity contribution >= 4 is 72.5 Å². The average molecular weight is 1050 g/mol. The molecule has 0 aliphatic carbocycles. The zero-order chi connectivity index (χ0) is 52.3. The maximum absolute atomic E-state index is 13.3. The highest BCUT2D eigenvalue weighted by atomic mass is 35.5. The quantitative estimate of drug-likeness (QED) is 0.162. The van der Waals surface area contributed by atoms with Gasteiger partial charge >= 0.3 is 6.09 Å². The van der Waals surface area contributed by atoms with Crippen LogP contribution in [0.25, 0.3) is 43.6 Å². The second-order valence-electron chi connectivity index (χ2n) is 24.9. The molecule has 8 heterocycles. The second kappa shape index (κ2) is 22.0. The number of nitrogens with zero attached hydrogens (tertiary/aromatic N) is 4. The first-order valence-electron chi connectivity index (χ1n) is 27.0. The Bertz CT molecular complexity index is 3160. The van der Waals surface area contributed by atoms with Gasteiger partial charge in [-0.1, -0.05) is 129 Å². The van der Waals surface area contributed by atoms with Crippen molar-refractivity contribution in [1.29, 1.82) is 0 Å². The van der Waals surface area contributed by atoms with Gasteiger partial charge in [-0.05, 0) is 114 Å². The molecule has 12 rings (SSSR count). The molecule has 4 aliphatic heterocycles. The summed E-state index contributed by atoms with van der Waals surface area (Å²) < 4.78 is 10.7. The van der Waals surface area contributed by atoms with Gasteiger partial charge in [-0.15, -0.1) is 0 Å². The molecule has 4 atom stereocenters. The molecule has 76 heavy (non-hydrogen) atoms. The van der Waals surface area contributed by atoms with E-state index in [1.807, 2.05) is 46.4 Å². The van der Waals surface area contributed by atoms with Crippen LogP contribution in [0.3, 0.4) is 0 Å². The molecule has 10 nitrogen and oxygen atoms in total. The van der Waals surface area contributed by atoms with E-state index in [1.54, 1.807) is 0 Å². The number of ether oxygens (including phenoxy) is 1. The van der Waals surface area contributed by atoms with Crippen molar-refractivity contribution in [3.63, 3.8) is 0 Å². The van der Waals surface area contributed by atoms with Gasteiger partial charge in [-0.3, -0.25) is 9.59 Å². The van der Waals surface area contributed by atoms with Crippen LogP contribution in [0.2, 0.25) is 0 Å². The smallest absolute Gasteiger partial charge is 0.410 e. The third kappa shape index (κ3) is 11.7. The number of benzene rings is 4. The molecular weight excluding hydrogens is 964 g/mol. The molecule has 0 bridgehead atoms. The number of aromatic nitrogens is 4. The number of para-hydroxylation sites is 4. The van der Waals surface area contributed by atoms with Gasteiger partial charge < -0.3 is 33.6 Å². The number of likely N-dealkylation sites (tertiary alicyclic amines) is 2. The Morgan fingerprint density at radius 1 is 0.539 bits per heavy atom. The normalized spacial score (nSPS) is 19.2. The fourth-order valence-electron chi connectivity index (χ4n) is 12.5. The summed E-state index contributed by atoms with van der Waals surface area (Å²) in [6, 6.07) is 30.5. The van der Waals surface area contributed by atoms with Crippen molar-refractivity contribution in [1.82, 2.24) is 28.9 Å². The number of fused-ring (bicyclic) bond motifs is 2. The van der Waals surface area contributed by atoms with Crippen LogP contribution in [0.1, 0.15) is 160 Å². The summed E-state index contributed by atoms with van der Waals surface area (Å²) in [4.78, 5) is 47.6. The number of rotatable bonds is 6. The molecule has 404 valence electrons. The first-order chi connectivity index (χ1) is 35.2. The van der Waals surface area contributed by atoms with Crippen LogP contribution in [0.5, 0.6) is 0 Å². The second-order valence-corrected chi connectivity index (χ2v) is 25.3. The van der Waals surface area contributed by atoms with Gasteiger partial charge in [0.15, 0.2) is 0 Å². The van der Waals surface area contributed by atoms with Gasteiger partial charge in [0.1, 0.15) is 5.60 Å². The molecule has 0 spiro atoms. The van der Waals surface area contributed by atoms with Crippen molar-refractivity contribution in [2.24, 2.45) is 10.8 Å². The Morgan fingerprint density at radius 3 is 1.36 bits per heavy atom. The van der Waals surface area contributed by atoms with E-state index in [0.717, 1.165) is 44.5 Å². The van der Waals surface area contributed by atoms with Crippen molar-refractivity contribution in [3.05, 3.63) is 143 Å². The number of H-pyrrole nitrogens is 2. The number of halogens is 1. The van der Waals surface area contributed by atoms with E-state index in [2.05, 4.69) is 154 Å². The van der Waals surface area contributed by atoms with Crippen LogP contribution in [0.15, 0.2) is 110 Å². The molecule has 0 radical (unpaired) electrons. The molecule has 2 amide bonds. The van der Waals surface area contributed by atoms with E-state index in [0.29, 0.717) is 31.8 Å². The molecule has 4 aromatic heterocycles. The molecular formula is C65H83ClN6O4. The maximum atomic E-state index is 13.3. The van der Waals surface area contributed by atoms with Gasteiger partial charge in [0.2, 0.25) is 11.1 Å². The number of carbonyl (C=O) groups excluding carboxylic acids is 3. The zero-order valence-electron chi connectivity index (χ0n) is 45.0. The number of amides is 2. The summed E-state index contributed by atoms with van der Waals surface area (Å²) in [6.07, 6.45) is 14.6. The average Bonchev–Trinajstić information content (AvgIpc) is 4.21. The first-order valence-corrected chi connectivity index (χ1v) is 27.3. The third-order valence-electron chi connectivity index (χ3n) is 15.6. The molecule has 2 saturated heterocycles. The number of aromatic amines is 2. The van der Waals surface area contributed by atoms with E-state index in [-0.39, 0.29) is 60.7 Å². The number of carbonyl (C=O) groups is 3. The first kappa shape index (κ1) is 56.0. The van der Waals surface area contributed by atoms with Gasteiger partial charge in [0, 0.05) is 133 Å². The highest BCUT2D eigenvalue weighted by Gasteiger charge is 2.42. The van der Waals surface area contributed by atoms with Crippen molar-refractivity contribution in [3.8, 4) is 0 Å². The summed E-state index contributed by atoms with van der Waals surface area (Å²) in [6.45, 7) is 23.3. The highest BCUT2D eigenvalue weighted by molar-refractivity contribution is 6.63. The van der Waals surface area contributed by atoms with Crippen LogP contribution in [-0.4, -0.2) is 77.9 Å². The number of nitrogens with one attached hydrogen (secondary N) is 2. The molecule has 0 unspecified atom stereocenters. The molecule has 2 N–H and O–H groups in total. The predicted octanol–water partition coefficient (Wildman–Crippen LogP) is 15.9. The standard InChI is InChI=1S/C29H33N3O.C28H31N3O2.C6H11ClO.2CH4/c1-29(2,3)14-27(33)32-17-24(22-15-30-26-12-5-4-10-20(22)26)25(18-32)23-16-31-13-7-9-19-8-6-11-21(23)28(19)31;1-28(2,3)33-27(32)31-16-23(21-14-29-25-12-5-4-10-19(21)25)24(17-31)22-15-30-13-7-9-18-8-6-11-20(22)26(18)30;1-6(2,3)4-5(7)8;;/h4-6,8,10-12,15-16,24-25,30H,7,9,13-14,17-18H2,1-3H3;4-6,8,10-12,14-15,23-24,29H,7,9,13,16-17H2,1-3H3;4H2,1-3H3;2*1H4/t24-,25-;23-,24-;;;/m00.../s1. The fourth-order valence-corrected chi connectivity index (χ4v) is 12.9. The van der Waals surface area contributed by atoms with Gasteiger partial charge in [-0.2, -0.15) is 0 Å². The van der Waals surface area contributed by atoms with Crippen LogP contribution in [0.4, 0.5) is 4.79 Å². The lowest BCUT2D eigenvalue weighted by molar-refractivity contribution is -0.132. The lowest BCUT2D eigenvalue weighted by Gasteiger charge is -2.24. The minimum absolute atomic E-state index is 0. The number of hydrogen-bond acceptors (Lipinski definition) is 4. The van der Waals surface area contributed by atoms with E-state index in [1.165, 1.54) is 84.3 Å². The third-order valence-corrected chi connectivity index (χ3v) is 15.7. The Hall–Kier alpha value is -6.26. The molecule has 8 aromatic rings. The highest BCUT2D eigenvalue weighted by Crippen LogP contribution is 2.48. The number of hydrogen-bond donors (Lipinski definition) is 2. The summed E-state index contributed by atoms with van der Waals surface area (Å²) in [5, 5.41) is 5.00. The lowest BCUT2D eigenvalue weighted by atomic mass is 9.83. The van der Waals surface area contributed by atoms with E-state index >= 15 is 0 Å². The van der Waals surface area contributed by atoms with Crippen molar-refractivity contribution in [2.75, 3.05) is 26.2 Å². The Balaban J connectivity index is 0.000000172. The monoisotopic (exact) mass is 1050 g/mol. The molecule has 0 saturated carbocycles. The van der Waals surface area contributed by atoms with Gasteiger partial charge in [-0.25, -0.2) is 4.79 Å². The van der Waals surface area contributed by atoms with Crippen LogP contribution in [0, 0.1) is 10.8 Å². The van der Waals surface area contributed by atoms with Gasteiger partial charge in [0.25, 0.3) is 0 Å². The molecule has 4 aromatic carbocycles. The van der Waals surface area contributed by atoms with Crippen molar-refractivity contribution < 1.29 is 19.1 Å². The Kier molecular flexibility index (Phi) is 16.2. The van der Waals surface area contributed by atoms with Gasteiger partial charge in [0.05, 0.1) is 11.0 Å². The van der Waals surface area contributed by atoms with Crippen LogP contribution in [-0.2, 0) is 40.3 Å². The summed E-state index contributed by atoms with van der Waals surface area (Å²) >= 11 is 5.12.